The van der Waals surface area contributed by atoms with Crippen LogP contribution in [0.25, 0.3) is 0 Å². The first-order valence-corrected chi connectivity index (χ1v) is 7.33. The van der Waals surface area contributed by atoms with E-state index in [0.29, 0.717) is 12.6 Å². The molecule has 2 rings (SSSR count). The number of aliphatic hydroxyl groups is 1. The smallest absolute Gasteiger partial charge is 0.317 e. The highest BCUT2D eigenvalue weighted by molar-refractivity contribution is 5.74. The molecule has 2 amide bonds. The average molecular weight is 280 g/mol. The zero-order valence-electron chi connectivity index (χ0n) is 12.3. The Hall–Kier alpha value is -1.49. The van der Waals surface area contributed by atoms with Crippen LogP contribution in [0.5, 0.6) is 0 Å². The van der Waals surface area contributed by atoms with Crippen molar-refractivity contribution in [2.45, 2.75) is 52.1 Å². The number of nitrogens with zero attached hydrogens (tertiary/aromatic N) is 1. The van der Waals surface area contributed by atoms with Crippen molar-refractivity contribution in [3.8, 4) is 0 Å². The van der Waals surface area contributed by atoms with E-state index in [1.807, 2.05) is 24.8 Å². The lowest BCUT2D eigenvalue weighted by molar-refractivity contribution is 0.190. The molecular weight excluding hydrogens is 256 g/mol. The SMILES string of the molecule is Cc1cc(CNC(=O)N(CCCCO)C2CC2)c(C)o1. The molecule has 1 aliphatic rings. The molecule has 0 atom stereocenters. The van der Waals surface area contributed by atoms with Gasteiger partial charge in [0.1, 0.15) is 11.5 Å². The van der Waals surface area contributed by atoms with Gasteiger partial charge in [0.05, 0.1) is 0 Å². The Morgan fingerprint density at radius 1 is 1.45 bits per heavy atom. The van der Waals surface area contributed by atoms with Gasteiger partial charge in [-0.3, -0.25) is 0 Å². The van der Waals surface area contributed by atoms with E-state index in [4.69, 9.17) is 9.52 Å². The van der Waals surface area contributed by atoms with E-state index >= 15 is 0 Å². The molecule has 0 radical (unpaired) electrons. The van der Waals surface area contributed by atoms with Gasteiger partial charge < -0.3 is 19.7 Å². The summed E-state index contributed by atoms with van der Waals surface area (Å²) < 4.78 is 5.45. The van der Waals surface area contributed by atoms with Crippen molar-refractivity contribution in [1.29, 1.82) is 0 Å². The molecule has 1 aromatic rings. The van der Waals surface area contributed by atoms with Crippen LogP contribution < -0.4 is 5.32 Å². The summed E-state index contributed by atoms with van der Waals surface area (Å²) in [4.78, 5) is 14.1. The highest BCUT2D eigenvalue weighted by Gasteiger charge is 2.32. The number of carbonyl (C=O) groups excluding carboxylic acids is 1. The first-order chi connectivity index (χ1) is 9.61. The molecule has 1 saturated carbocycles. The van der Waals surface area contributed by atoms with Crippen LogP contribution in [-0.2, 0) is 6.54 Å². The van der Waals surface area contributed by atoms with Gasteiger partial charge in [-0.05, 0) is 45.6 Å². The summed E-state index contributed by atoms with van der Waals surface area (Å²) in [7, 11) is 0. The molecule has 1 aromatic heterocycles. The zero-order chi connectivity index (χ0) is 14.5. The predicted molar refractivity (Wildman–Crippen MR) is 76.5 cm³/mol. The monoisotopic (exact) mass is 280 g/mol. The molecule has 1 fully saturated rings. The van der Waals surface area contributed by atoms with Crippen LogP contribution in [-0.4, -0.2) is 35.2 Å². The van der Waals surface area contributed by atoms with Crippen molar-refractivity contribution in [3.05, 3.63) is 23.2 Å². The molecule has 0 saturated heterocycles. The summed E-state index contributed by atoms with van der Waals surface area (Å²) in [6.07, 6.45) is 3.79. The third-order valence-electron chi connectivity index (χ3n) is 3.63. The van der Waals surface area contributed by atoms with Gasteiger partial charge in [0, 0.05) is 31.3 Å². The van der Waals surface area contributed by atoms with Gasteiger partial charge in [-0.15, -0.1) is 0 Å². The van der Waals surface area contributed by atoms with E-state index in [9.17, 15) is 4.79 Å². The minimum Gasteiger partial charge on any atom is -0.466 e. The largest absolute Gasteiger partial charge is 0.466 e. The number of furan rings is 1. The highest BCUT2D eigenvalue weighted by atomic mass is 16.3. The van der Waals surface area contributed by atoms with Crippen LogP contribution in [0.15, 0.2) is 10.5 Å². The van der Waals surface area contributed by atoms with E-state index in [1.54, 1.807) is 0 Å². The number of hydrogen-bond acceptors (Lipinski definition) is 3. The van der Waals surface area contributed by atoms with Gasteiger partial charge >= 0.3 is 6.03 Å². The molecule has 1 heterocycles. The standard InChI is InChI=1S/C15H24N2O3/c1-11-9-13(12(2)20-11)10-16-15(19)17(14-5-6-14)7-3-4-8-18/h9,14,18H,3-8,10H2,1-2H3,(H,16,19). The molecule has 0 bridgehead atoms. The summed E-state index contributed by atoms with van der Waals surface area (Å²) in [6, 6.07) is 2.34. The van der Waals surface area contributed by atoms with Gasteiger partial charge in [0.25, 0.3) is 0 Å². The lowest BCUT2D eigenvalue weighted by Crippen LogP contribution is -2.41. The molecule has 0 spiro atoms. The fourth-order valence-electron chi connectivity index (χ4n) is 2.36. The van der Waals surface area contributed by atoms with Gasteiger partial charge in [-0.1, -0.05) is 0 Å². The van der Waals surface area contributed by atoms with E-state index in [0.717, 1.165) is 49.3 Å². The normalized spacial score (nSPS) is 14.3. The van der Waals surface area contributed by atoms with Crippen LogP contribution >= 0.6 is 0 Å². The number of rotatable bonds is 7. The van der Waals surface area contributed by atoms with Gasteiger partial charge in [-0.25, -0.2) is 4.79 Å². The summed E-state index contributed by atoms with van der Waals surface area (Å²) >= 11 is 0. The molecule has 0 aromatic carbocycles. The molecule has 2 N–H and O–H groups in total. The van der Waals surface area contributed by atoms with Crippen molar-refractivity contribution in [2.24, 2.45) is 0 Å². The second-order valence-electron chi connectivity index (χ2n) is 5.45. The van der Waals surface area contributed by atoms with Crippen molar-refractivity contribution in [1.82, 2.24) is 10.2 Å². The fourth-order valence-corrected chi connectivity index (χ4v) is 2.36. The van der Waals surface area contributed by atoms with Gasteiger partial charge in [0.2, 0.25) is 0 Å². The highest BCUT2D eigenvalue weighted by Crippen LogP contribution is 2.27. The van der Waals surface area contributed by atoms with E-state index in [2.05, 4.69) is 5.32 Å². The first kappa shape index (κ1) is 14.9. The minimum absolute atomic E-state index is 0.0105. The molecule has 1 aliphatic carbocycles. The molecular formula is C15H24N2O3. The van der Waals surface area contributed by atoms with Gasteiger partial charge in [0.15, 0.2) is 0 Å². The summed E-state index contributed by atoms with van der Waals surface area (Å²) in [5, 5.41) is 11.8. The van der Waals surface area contributed by atoms with Crippen LogP contribution in [0.4, 0.5) is 4.79 Å². The Bertz CT molecular complexity index is 452. The first-order valence-electron chi connectivity index (χ1n) is 7.33. The number of aryl methyl sites for hydroxylation is 2. The number of aliphatic hydroxyl groups excluding tert-OH is 1. The van der Waals surface area contributed by atoms with Crippen molar-refractivity contribution in [2.75, 3.05) is 13.2 Å². The number of hydrogen-bond donors (Lipinski definition) is 2. The third kappa shape index (κ3) is 4.00. The lowest BCUT2D eigenvalue weighted by atomic mass is 10.2. The van der Waals surface area contributed by atoms with E-state index < -0.39 is 0 Å². The maximum atomic E-state index is 12.2. The topological polar surface area (TPSA) is 65.7 Å². The van der Waals surface area contributed by atoms with Crippen molar-refractivity contribution in [3.63, 3.8) is 0 Å². The summed E-state index contributed by atoms with van der Waals surface area (Å²) in [6.45, 7) is 5.23. The number of amides is 2. The Balaban J connectivity index is 1.83. The average Bonchev–Trinajstić information content (AvgIpc) is 3.18. The fraction of sp³-hybridized carbons (Fsp3) is 0.667. The molecule has 5 nitrogen and oxygen atoms in total. The molecule has 20 heavy (non-hydrogen) atoms. The van der Waals surface area contributed by atoms with Crippen LogP contribution in [0.1, 0.15) is 42.8 Å². The van der Waals surface area contributed by atoms with E-state index in [1.165, 1.54) is 0 Å². The third-order valence-corrected chi connectivity index (χ3v) is 3.63. The quantitative estimate of drug-likeness (QED) is 0.753. The second kappa shape index (κ2) is 6.79. The van der Waals surface area contributed by atoms with Crippen LogP contribution in [0.3, 0.4) is 0 Å². The summed E-state index contributed by atoms with van der Waals surface area (Å²) in [5.74, 6) is 1.73. The molecule has 5 heteroatoms. The lowest BCUT2D eigenvalue weighted by Gasteiger charge is -2.22. The minimum atomic E-state index is -0.0105. The summed E-state index contributed by atoms with van der Waals surface area (Å²) in [5.41, 5.74) is 1.03. The number of carbonyl (C=O) groups is 1. The molecule has 0 aliphatic heterocycles. The maximum Gasteiger partial charge on any atom is 0.317 e. The second-order valence-corrected chi connectivity index (χ2v) is 5.45. The van der Waals surface area contributed by atoms with Crippen molar-refractivity contribution < 1.29 is 14.3 Å². The van der Waals surface area contributed by atoms with Crippen LogP contribution in [0.2, 0.25) is 0 Å². The Morgan fingerprint density at radius 2 is 2.20 bits per heavy atom. The Kier molecular flexibility index (Phi) is 5.06. The Labute approximate surface area is 119 Å². The Morgan fingerprint density at radius 3 is 2.75 bits per heavy atom. The van der Waals surface area contributed by atoms with E-state index in [-0.39, 0.29) is 12.6 Å². The number of urea groups is 1. The van der Waals surface area contributed by atoms with Gasteiger partial charge in [-0.2, -0.15) is 0 Å². The number of unbranched alkanes of at least 4 members (excludes halogenated alkanes) is 1. The van der Waals surface area contributed by atoms with Crippen LogP contribution in [0, 0.1) is 13.8 Å². The zero-order valence-corrected chi connectivity index (χ0v) is 12.3. The number of nitrogens with one attached hydrogen (secondary N) is 1. The predicted octanol–water partition coefficient (Wildman–Crippen LogP) is 2.34. The maximum absolute atomic E-state index is 12.2. The van der Waals surface area contributed by atoms with Crippen molar-refractivity contribution >= 4 is 6.03 Å². The molecule has 112 valence electrons. The molecule has 0 unspecified atom stereocenters.